The molecule has 0 aliphatic carbocycles. The molecule has 2 heterocycles. The number of benzene rings is 1. The summed E-state index contributed by atoms with van der Waals surface area (Å²) >= 11 is 7.45. The molecule has 1 aliphatic rings. The molecule has 0 N–H and O–H groups in total. The topological polar surface area (TPSA) is 25.4 Å². The maximum atomic E-state index is 5.64. The minimum Gasteiger partial charge on any atom is -0.494 e. The van der Waals surface area contributed by atoms with Crippen molar-refractivity contribution in [2.24, 2.45) is 0 Å². The van der Waals surface area contributed by atoms with Crippen molar-refractivity contribution in [3.63, 3.8) is 0 Å². The average Bonchev–Trinajstić information content (AvgIpc) is 3.00. The predicted octanol–water partition coefficient (Wildman–Crippen LogP) is 4.83. The number of nitrogens with zero attached hydrogens (tertiary/aromatic N) is 2. The van der Waals surface area contributed by atoms with Crippen molar-refractivity contribution in [1.82, 2.24) is 9.88 Å². The molecule has 126 valence electrons. The Labute approximate surface area is 148 Å². The van der Waals surface area contributed by atoms with Gasteiger partial charge in [-0.25, -0.2) is 4.98 Å². The summed E-state index contributed by atoms with van der Waals surface area (Å²) in [5.41, 5.74) is 2.44. The Balaban J connectivity index is 0.000000924. The van der Waals surface area contributed by atoms with Crippen molar-refractivity contribution in [2.75, 3.05) is 26.1 Å². The van der Waals surface area contributed by atoms with E-state index in [2.05, 4.69) is 24.1 Å². The number of thiazole rings is 1. The summed E-state index contributed by atoms with van der Waals surface area (Å²) in [6.45, 7) is 6.79. The Kier molecular flexibility index (Phi) is 7.34. The van der Waals surface area contributed by atoms with Gasteiger partial charge in [-0.2, -0.15) is 0 Å². The van der Waals surface area contributed by atoms with Crippen LogP contribution in [0.4, 0.5) is 0 Å². The molecular weight excluding hydrogens is 328 g/mol. The summed E-state index contributed by atoms with van der Waals surface area (Å²) in [4.78, 5) is 8.54. The van der Waals surface area contributed by atoms with E-state index in [9.17, 15) is 0 Å². The van der Waals surface area contributed by atoms with Crippen LogP contribution < -0.4 is 4.74 Å². The van der Waals surface area contributed by atoms with Crippen molar-refractivity contribution in [3.8, 4) is 16.3 Å². The molecule has 0 unspecified atom stereocenters. The second kappa shape index (κ2) is 9.26. The second-order valence-corrected chi connectivity index (χ2v) is 6.75. The molecule has 1 aliphatic heterocycles. The van der Waals surface area contributed by atoms with Gasteiger partial charge in [0, 0.05) is 35.8 Å². The zero-order chi connectivity index (χ0) is 16.7. The van der Waals surface area contributed by atoms with E-state index in [4.69, 9.17) is 21.3 Å². The number of hydrogen-bond acceptors (Lipinski definition) is 4. The Morgan fingerprint density at radius 3 is 2.70 bits per heavy atom. The van der Waals surface area contributed by atoms with Gasteiger partial charge in [0.2, 0.25) is 0 Å². The third kappa shape index (κ3) is 4.93. The van der Waals surface area contributed by atoms with Crippen LogP contribution in [0, 0.1) is 0 Å². The van der Waals surface area contributed by atoms with Crippen LogP contribution in [0.5, 0.6) is 5.75 Å². The van der Waals surface area contributed by atoms with Gasteiger partial charge in [-0.3, -0.25) is 0 Å². The van der Waals surface area contributed by atoms with Crippen LogP contribution in [-0.4, -0.2) is 36.0 Å². The highest BCUT2D eigenvalue weighted by molar-refractivity contribution is 7.15. The first kappa shape index (κ1) is 18.2. The molecular formula is C18H25ClN2OS. The normalized spacial score (nSPS) is 13.9. The fourth-order valence-electron chi connectivity index (χ4n) is 2.38. The highest BCUT2D eigenvalue weighted by Gasteiger charge is 2.18. The van der Waals surface area contributed by atoms with Gasteiger partial charge in [-0.1, -0.05) is 13.8 Å². The van der Waals surface area contributed by atoms with Crippen LogP contribution in [-0.2, 0) is 13.0 Å². The highest BCUT2D eigenvalue weighted by atomic mass is 35.5. The predicted molar refractivity (Wildman–Crippen MR) is 99.8 cm³/mol. The quantitative estimate of drug-likeness (QED) is 0.569. The fraction of sp³-hybridized carbons (Fsp3) is 0.500. The van der Waals surface area contributed by atoms with E-state index in [1.807, 2.05) is 37.3 Å². The maximum Gasteiger partial charge on any atom is 0.123 e. The standard InChI is InChI=1S/C16H19ClN2OS.C2H6/c1-19-9-7-14-15(11-19)21-16(18-14)12-3-5-13(6-4-12)20-10-2-8-17;1-2/h3-6H,2,7-11H2,1H3;1-2H3. The summed E-state index contributed by atoms with van der Waals surface area (Å²) in [6, 6.07) is 8.19. The van der Waals surface area contributed by atoms with Gasteiger partial charge in [0.15, 0.2) is 0 Å². The monoisotopic (exact) mass is 352 g/mol. The van der Waals surface area contributed by atoms with E-state index in [0.29, 0.717) is 12.5 Å². The molecule has 0 bridgehead atoms. The lowest BCUT2D eigenvalue weighted by molar-refractivity contribution is 0.314. The largest absolute Gasteiger partial charge is 0.494 e. The van der Waals surface area contributed by atoms with Crippen LogP contribution in [0.3, 0.4) is 0 Å². The molecule has 5 heteroatoms. The number of aromatic nitrogens is 1. The smallest absolute Gasteiger partial charge is 0.123 e. The molecule has 0 amide bonds. The van der Waals surface area contributed by atoms with Crippen LogP contribution in [0.15, 0.2) is 24.3 Å². The van der Waals surface area contributed by atoms with E-state index < -0.39 is 0 Å². The minimum absolute atomic E-state index is 0.636. The molecule has 0 fully saturated rings. The van der Waals surface area contributed by atoms with Crippen LogP contribution in [0.1, 0.15) is 30.8 Å². The lowest BCUT2D eigenvalue weighted by atomic mass is 10.2. The zero-order valence-corrected chi connectivity index (χ0v) is 15.7. The molecule has 1 aromatic heterocycles. The van der Waals surface area contributed by atoms with Crippen molar-refractivity contribution in [2.45, 2.75) is 33.2 Å². The Morgan fingerprint density at radius 2 is 2.00 bits per heavy atom. The first-order valence-electron chi connectivity index (χ1n) is 8.22. The summed E-state index contributed by atoms with van der Waals surface area (Å²) < 4.78 is 5.62. The van der Waals surface area contributed by atoms with Crippen LogP contribution in [0.2, 0.25) is 0 Å². The number of ether oxygens (including phenoxy) is 1. The zero-order valence-electron chi connectivity index (χ0n) is 14.1. The van der Waals surface area contributed by atoms with Gasteiger partial charge in [0.25, 0.3) is 0 Å². The van der Waals surface area contributed by atoms with E-state index in [-0.39, 0.29) is 0 Å². The Hall–Kier alpha value is -1.10. The molecule has 0 saturated carbocycles. The van der Waals surface area contributed by atoms with Gasteiger partial charge in [0.1, 0.15) is 10.8 Å². The molecule has 1 aromatic carbocycles. The molecule has 23 heavy (non-hydrogen) atoms. The first-order valence-corrected chi connectivity index (χ1v) is 9.57. The first-order chi connectivity index (χ1) is 11.3. The summed E-state index contributed by atoms with van der Waals surface area (Å²) in [7, 11) is 2.16. The molecule has 0 atom stereocenters. The van der Waals surface area contributed by atoms with E-state index in [1.54, 1.807) is 0 Å². The van der Waals surface area contributed by atoms with Gasteiger partial charge < -0.3 is 9.64 Å². The molecule has 2 aromatic rings. The van der Waals surface area contributed by atoms with Crippen molar-refractivity contribution in [3.05, 3.63) is 34.8 Å². The van der Waals surface area contributed by atoms with Crippen LogP contribution >= 0.6 is 22.9 Å². The third-order valence-corrected chi connectivity index (χ3v) is 4.97. The summed E-state index contributed by atoms with van der Waals surface area (Å²) in [6.07, 6.45) is 1.93. The van der Waals surface area contributed by atoms with E-state index >= 15 is 0 Å². The number of rotatable bonds is 5. The molecule has 3 nitrogen and oxygen atoms in total. The van der Waals surface area contributed by atoms with E-state index in [0.717, 1.165) is 36.7 Å². The molecule has 0 spiro atoms. The SMILES string of the molecule is CC.CN1CCc2nc(-c3ccc(OCCCCl)cc3)sc2C1. The van der Waals surface area contributed by atoms with Crippen LogP contribution in [0.25, 0.3) is 10.6 Å². The summed E-state index contributed by atoms with van der Waals surface area (Å²) in [5.74, 6) is 1.53. The van der Waals surface area contributed by atoms with E-state index in [1.165, 1.54) is 16.1 Å². The molecule has 3 rings (SSSR count). The van der Waals surface area contributed by atoms with Gasteiger partial charge in [0.05, 0.1) is 12.3 Å². The number of alkyl halides is 1. The minimum atomic E-state index is 0.636. The number of halogens is 1. The lowest BCUT2D eigenvalue weighted by Crippen LogP contribution is -2.25. The Morgan fingerprint density at radius 1 is 1.26 bits per heavy atom. The van der Waals surface area contributed by atoms with Crippen molar-refractivity contribution in [1.29, 1.82) is 0 Å². The van der Waals surface area contributed by atoms with Gasteiger partial charge in [-0.05, 0) is 37.7 Å². The van der Waals surface area contributed by atoms with Gasteiger partial charge >= 0.3 is 0 Å². The van der Waals surface area contributed by atoms with Crippen molar-refractivity contribution >= 4 is 22.9 Å². The highest BCUT2D eigenvalue weighted by Crippen LogP contribution is 2.32. The van der Waals surface area contributed by atoms with Crippen molar-refractivity contribution < 1.29 is 4.74 Å². The fourth-order valence-corrected chi connectivity index (χ4v) is 3.69. The molecule has 0 radical (unpaired) electrons. The maximum absolute atomic E-state index is 5.64. The lowest BCUT2D eigenvalue weighted by Gasteiger charge is -2.20. The number of likely N-dealkylation sites (N-methyl/N-ethyl adjacent to an activating group) is 1. The number of fused-ring (bicyclic) bond motifs is 1. The van der Waals surface area contributed by atoms with Gasteiger partial charge in [-0.15, -0.1) is 22.9 Å². The average molecular weight is 353 g/mol. The second-order valence-electron chi connectivity index (χ2n) is 5.29. The molecule has 0 saturated heterocycles. The third-order valence-electron chi connectivity index (χ3n) is 3.57. The summed E-state index contributed by atoms with van der Waals surface area (Å²) in [5, 5.41) is 1.11. The number of hydrogen-bond donors (Lipinski definition) is 0. The Bertz CT molecular complexity index is 598.